The number of carboxylic acids is 1. The van der Waals surface area contributed by atoms with E-state index >= 15 is 0 Å². The summed E-state index contributed by atoms with van der Waals surface area (Å²) in [5, 5.41) is 12.0. The normalized spacial score (nSPS) is 10.2. The van der Waals surface area contributed by atoms with Crippen LogP contribution in [0.1, 0.15) is 20.7 Å². The summed E-state index contributed by atoms with van der Waals surface area (Å²) in [6.45, 7) is 0. The lowest BCUT2D eigenvalue weighted by atomic mass is 10.1. The van der Waals surface area contributed by atoms with Crippen molar-refractivity contribution in [2.45, 2.75) is 0 Å². The third kappa shape index (κ3) is 3.56. The number of halogens is 3. The number of amides is 1. The molecular weight excluding hydrogens is 381 g/mol. The van der Waals surface area contributed by atoms with Crippen LogP contribution in [0.15, 0.2) is 40.9 Å². The molecule has 0 bridgehead atoms. The lowest BCUT2D eigenvalue weighted by molar-refractivity contribution is 0.0696. The first-order valence-electron chi connectivity index (χ1n) is 5.68. The standard InChI is InChI=1S/C14H8BrCl2NO3/c15-9-5-4-7(14(20)21)6-11(9)18-13(19)8-2-1-3-10(16)12(8)17/h1-6H,(H,18,19)(H,20,21). The van der Waals surface area contributed by atoms with E-state index in [1.54, 1.807) is 18.2 Å². The Morgan fingerprint density at radius 2 is 1.86 bits per heavy atom. The Bertz CT molecular complexity index is 734. The molecule has 1 amide bonds. The van der Waals surface area contributed by atoms with Gasteiger partial charge in [-0.05, 0) is 46.3 Å². The van der Waals surface area contributed by atoms with Crippen molar-refractivity contribution < 1.29 is 14.7 Å². The van der Waals surface area contributed by atoms with Gasteiger partial charge < -0.3 is 10.4 Å². The van der Waals surface area contributed by atoms with Crippen LogP contribution < -0.4 is 5.32 Å². The minimum Gasteiger partial charge on any atom is -0.478 e. The van der Waals surface area contributed by atoms with Crippen molar-refractivity contribution in [1.82, 2.24) is 0 Å². The molecule has 0 atom stereocenters. The lowest BCUT2D eigenvalue weighted by Crippen LogP contribution is -2.13. The summed E-state index contributed by atoms with van der Waals surface area (Å²) in [4.78, 5) is 23.2. The number of nitrogens with one attached hydrogen (secondary N) is 1. The average molecular weight is 389 g/mol. The zero-order valence-electron chi connectivity index (χ0n) is 10.4. The molecule has 0 aliphatic carbocycles. The number of carboxylic acid groups (broad SMARTS) is 1. The van der Waals surface area contributed by atoms with Crippen LogP contribution in [-0.2, 0) is 0 Å². The van der Waals surface area contributed by atoms with Gasteiger partial charge in [0.15, 0.2) is 0 Å². The van der Waals surface area contributed by atoms with E-state index in [1.165, 1.54) is 18.2 Å². The molecular formula is C14H8BrCl2NO3. The highest BCUT2D eigenvalue weighted by Crippen LogP contribution is 2.28. The van der Waals surface area contributed by atoms with Crippen molar-refractivity contribution in [2.75, 3.05) is 5.32 Å². The Hall–Kier alpha value is -1.56. The number of hydrogen-bond donors (Lipinski definition) is 2. The van der Waals surface area contributed by atoms with Crippen molar-refractivity contribution in [3.05, 3.63) is 62.0 Å². The number of hydrogen-bond acceptors (Lipinski definition) is 2. The Kier molecular flexibility index (Phi) is 4.88. The SMILES string of the molecule is O=C(O)c1ccc(Br)c(NC(=O)c2cccc(Cl)c2Cl)c1. The van der Waals surface area contributed by atoms with E-state index < -0.39 is 11.9 Å². The van der Waals surface area contributed by atoms with E-state index in [0.717, 1.165) is 0 Å². The number of anilines is 1. The molecule has 0 radical (unpaired) electrons. The largest absolute Gasteiger partial charge is 0.478 e. The maximum Gasteiger partial charge on any atom is 0.335 e. The van der Waals surface area contributed by atoms with Gasteiger partial charge in [0.25, 0.3) is 5.91 Å². The first kappa shape index (κ1) is 15.8. The molecule has 0 aliphatic rings. The molecule has 0 aromatic heterocycles. The van der Waals surface area contributed by atoms with Crippen molar-refractivity contribution in [2.24, 2.45) is 0 Å². The van der Waals surface area contributed by atoms with Crippen LogP contribution in [0, 0.1) is 0 Å². The van der Waals surface area contributed by atoms with Crippen LogP contribution in [-0.4, -0.2) is 17.0 Å². The summed E-state index contributed by atoms with van der Waals surface area (Å²) in [6, 6.07) is 9.02. The second kappa shape index (κ2) is 6.47. The van der Waals surface area contributed by atoms with Crippen LogP contribution in [0.5, 0.6) is 0 Å². The molecule has 0 spiro atoms. The highest BCUT2D eigenvalue weighted by Gasteiger charge is 2.15. The highest BCUT2D eigenvalue weighted by atomic mass is 79.9. The van der Waals surface area contributed by atoms with E-state index in [0.29, 0.717) is 10.2 Å². The number of benzene rings is 2. The maximum absolute atomic E-state index is 12.2. The Morgan fingerprint density at radius 1 is 1.14 bits per heavy atom. The Morgan fingerprint density at radius 3 is 2.52 bits per heavy atom. The van der Waals surface area contributed by atoms with Gasteiger partial charge in [0.1, 0.15) is 0 Å². The first-order valence-corrected chi connectivity index (χ1v) is 7.23. The summed E-state index contributed by atoms with van der Waals surface area (Å²) in [5.41, 5.74) is 0.596. The average Bonchev–Trinajstić information content (AvgIpc) is 2.43. The molecule has 21 heavy (non-hydrogen) atoms. The summed E-state index contributed by atoms with van der Waals surface area (Å²) in [6.07, 6.45) is 0. The minimum atomic E-state index is -1.08. The van der Waals surface area contributed by atoms with Crippen molar-refractivity contribution >= 4 is 56.7 Å². The molecule has 108 valence electrons. The Balaban J connectivity index is 2.33. The van der Waals surface area contributed by atoms with Gasteiger partial charge in [-0.2, -0.15) is 0 Å². The third-order valence-electron chi connectivity index (χ3n) is 2.66. The van der Waals surface area contributed by atoms with Crippen molar-refractivity contribution in [1.29, 1.82) is 0 Å². The van der Waals surface area contributed by atoms with Crippen molar-refractivity contribution in [3.8, 4) is 0 Å². The van der Waals surface area contributed by atoms with E-state index in [9.17, 15) is 9.59 Å². The van der Waals surface area contributed by atoms with Gasteiger partial charge in [-0.25, -0.2) is 4.79 Å². The van der Waals surface area contributed by atoms with Gasteiger partial charge in [0, 0.05) is 4.47 Å². The molecule has 2 N–H and O–H groups in total. The second-order valence-electron chi connectivity index (χ2n) is 4.06. The van der Waals surface area contributed by atoms with Crippen LogP contribution in [0.2, 0.25) is 10.0 Å². The molecule has 0 saturated heterocycles. The molecule has 0 saturated carbocycles. The number of carbonyl (C=O) groups is 2. The van der Waals surface area contributed by atoms with Gasteiger partial charge in [-0.3, -0.25) is 4.79 Å². The topological polar surface area (TPSA) is 66.4 Å². The molecule has 2 aromatic rings. The Labute approximate surface area is 138 Å². The van der Waals surface area contributed by atoms with Crippen LogP contribution >= 0.6 is 39.1 Å². The molecule has 0 fully saturated rings. The lowest BCUT2D eigenvalue weighted by Gasteiger charge is -2.10. The molecule has 2 aromatic carbocycles. The number of rotatable bonds is 3. The van der Waals surface area contributed by atoms with Gasteiger partial charge in [0.05, 0.1) is 26.9 Å². The summed E-state index contributed by atoms with van der Waals surface area (Å²) in [5.74, 6) is -1.57. The van der Waals surface area contributed by atoms with Gasteiger partial charge in [-0.1, -0.05) is 29.3 Å². The van der Waals surface area contributed by atoms with Crippen molar-refractivity contribution in [3.63, 3.8) is 0 Å². The summed E-state index contributed by atoms with van der Waals surface area (Å²) in [7, 11) is 0. The van der Waals surface area contributed by atoms with Crippen LogP contribution in [0.3, 0.4) is 0 Å². The molecule has 0 unspecified atom stereocenters. The molecule has 4 nitrogen and oxygen atoms in total. The smallest absolute Gasteiger partial charge is 0.335 e. The zero-order valence-corrected chi connectivity index (χ0v) is 13.5. The number of aromatic carboxylic acids is 1. The third-order valence-corrected chi connectivity index (χ3v) is 4.17. The predicted octanol–water partition coefficient (Wildman–Crippen LogP) is 4.71. The highest BCUT2D eigenvalue weighted by molar-refractivity contribution is 9.10. The zero-order chi connectivity index (χ0) is 15.6. The van der Waals surface area contributed by atoms with Gasteiger partial charge in [0.2, 0.25) is 0 Å². The van der Waals surface area contributed by atoms with E-state index in [1.807, 2.05) is 0 Å². The van der Waals surface area contributed by atoms with Gasteiger partial charge >= 0.3 is 5.97 Å². The fourth-order valence-electron chi connectivity index (χ4n) is 1.62. The second-order valence-corrected chi connectivity index (χ2v) is 5.69. The first-order chi connectivity index (χ1) is 9.90. The maximum atomic E-state index is 12.2. The molecule has 0 heterocycles. The van der Waals surface area contributed by atoms with E-state index in [-0.39, 0.29) is 21.2 Å². The fourth-order valence-corrected chi connectivity index (χ4v) is 2.36. The van der Waals surface area contributed by atoms with Crippen LogP contribution in [0.25, 0.3) is 0 Å². The summed E-state index contributed by atoms with van der Waals surface area (Å²) < 4.78 is 0.555. The number of carbonyl (C=O) groups excluding carboxylic acids is 1. The molecule has 7 heteroatoms. The van der Waals surface area contributed by atoms with Crippen LogP contribution in [0.4, 0.5) is 5.69 Å². The quantitative estimate of drug-likeness (QED) is 0.800. The molecule has 0 aliphatic heterocycles. The monoisotopic (exact) mass is 387 g/mol. The minimum absolute atomic E-state index is 0.0608. The van der Waals surface area contributed by atoms with Gasteiger partial charge in [-0.15, -0.1) is 0 Å². The predicted molar refractivity (Wildman–Crippen MR) is 85.5 cm³/mol. The van der Waals surface area contributed by atoms with E-state index in [2.05, 4.69) is 21.2 Å². The summed E-state index contributed by atoms with van der Waals surface area (Å²) >= 11 is 15.1. The molecule has 2 rings (SSSR count). The fraction of sp³-hybridized carbons (Fsp3) is 0. The van der Waals surface area contributed by atoms with E-state index in [4.69, 9.17) is 28.3 Å².